The van der Waals surface area contributed by atoms with Crippen LogP contribution in [0, 0.1) is 11.2 Å². The van der Waals surface area contributed by atoms with E-state index >= 15 is 4.39 Å². The number of hydrogen-bond donors (Lipinski definition) is 4. The van der Waals surface area contributed by atoms with Gasteiger partial charge < -0.3 is 15.6 Å². The molecule has 4 N–H and O–H groups in total. The van der Waals surface area contributed by atoms with Gasteiger partial charge in [-0.15, -0.1) is 0 Å². The molecule has 1 aliphatic heterocycles. The molecule has 5 heterocycles. The molecule has 10 heteroatoms. The summed E-state index contributed by atoms with van der Waals surface area (Å²) in [6.45, 7) is 5.99. The molecular weight excluding hydrogens is 495 g/mol. The van der Waals surface area contributed by atoms with Crippen molar-refractivity contribution in [3.05, 3.63) is 84.1 Å². The maximum Gasteiger partial charge on any atom is 0.224 e. The molecule has 0 spiro atoms. The maximum absolute atomic E-state index is 16.1. The van der Waals surface area contributed by atoms with E-state index < -0.39 is 5.82 Å². The van der Waals surface area contributed by atoms with Gasteiger partial charge in [0.1, 0.15) is 11.5 Å². The number of carbonyl (C=O) groups excluding carboxylic acids is 1. The van der Waals surface area contributed by atoms with Crippen LogP contribution in [0.3, 0.4) is 0 Å². The highest BCUT2D eigenvalue weighted by atomic mass is 19.1. The van der Waals surface area contributed by atoms with Gasteiger partial charge in [-0.1, -0.05) is 20.8 Å². The predicted molar refractivity (Wildman–Crippen MR) is 148 cm³/mol. The van der Waals surface area contributed by atoms with Crippen LogP contribution in [0.2, 0.25) is 0 Å². The van der Waals surface area contributed by atoms with Crippen molar-refractivity contribution in [2.45, 2.75) is 33.2 Å². The average molecular weight is 523 g/mol. The van der Waals surface area contributed by atoms with Crippen molar-refractivity contribution in [1.29, 1.82) is 0 Å². The number of imidazole rings is 1. The minimum atomic E-state index is -0.454. The molecule has 0 saturated carbocycles. The molecule has 0 aliphatic carbocycles. The molecule has 1 amide bonds. The van der Waals surface area contributed by atoms with Crippen LogP contribution in [0.1, 0.15) is 50.2 Å². The van der Waals surface area contributed by atoms with E-state index in [4.69, 9.17) is 4.98 Å². The number of halogens is 1. The smallest absolute Gasteiger partial charge is 0.224 e. The van der Waals surface area contributed by atoms with Crippen molar-refractivity contribution < 1.29 is 9.18 Å². The summed E-state index contributed by atoms with van der Waals surface area (Å²) < 4.78 is 16.1. The first kappa shape index (κ1) is 24.5. The Labute approximate surface area is 224 Å². The van der Waals surface area contributed by atoms with E-state index in [1.807, 2.05) is 45.2 Å². The zero-order valence-electron chi connectivity index (χ0n) is 21.7. The SMILES string of the molecule is CC(C)(C)CC(=O)Nc1cncc(-c2ccc3[nH]nc(-c4nc5c([nH]4)C(c4ccncc4)NC=C5)c3c2F)c1. The van der Waals surface area contributed by atoms with Crippen molar-refractivity contribution >= 4 is 28.6 Å². The first-order valence-electron chi connectivity index (χ1n) is 12.6. The highest BCUT2D eigenvalue weighted by Gasteiger charge is 2.26. The Morgan fingerprint density at radius 2 is 1.92 bits per heavy atom. The Morgan fingerprint density at radius 1 is 1.10 bits per heavy atom. The molecule has 1 aromatic carbocycles. The minimum Gasteiger partial charge on any atom is -0.379 e. The van der Waals surface area contributed by atoms with Crippen LogP contribution < -0.4 is 10.6 Å². The van der Waals surface area contributed by atoms with E-state index in [1.165, 1.54) is 0 Å². The van der Waals surface area contributed by atoms with E-state index in [-0.39, 0.29) is 17.4 Å². The third-order valence-electron chi connectivity index (χ3n) is 6.51. The zero-order chi connectivity index (χ0) is 27.1. The molecule has 1 aliphatic rings. The maximum atomic E-state index is 16.1. The van der Waals surface area contributed by atoms with Crippen molar-refractivity contribution in [2.75, 3.05) is 5.32 Å². The predicted octanol–water partition coefficient (Wildman–Crippen LogP) is 5.59. The van der Waals surface area contributed by atoms with Gasteiger partial charge in [-0.2, -0.15) is 5.10 Å². The Hall–Kier alpha value is -4.86. The number of aromatic nitrogens is 6. The van der Waals surface area contributed by atoms with E-state index in [0.29, 0.717) is 45.7 Å². The van der Waals surface area contributed by atoms with Gasteiger partial charge in [-0.3, -0.25) is 19.9 Å². The lowest BCUT2D eigenvalue weighted by molar-refractivity contribution is -0.117. The molecular formula is C29H27FN8O. The fraction of sp³-hybridized carbons (Fsp3) is 0.207. The molecule has 39 heavy (non-hydrogen) atoms. The monoisotopic (exact) mass is 522 g/mol. The molecule has 1 atom stereocenters. The lowest BCUT2D eigenvalue weighted by atomic mass is 9.92. The zero-order valence-corrected chi connectivity index (χ0v) is 21.7. The van der Waals surface area contributed by atoms with Crippen LogP contribution >= 0.6 is 0 Å². The summed E-state index contributed by atoms with van der Waals surface area (Å²) in [7, 11) is 0. The van der Waals surface area contributed by atoms with Crippen LogP contribution in [0.15, 0.2) is 61.3 Å². The molecule has 1 unspecified atom stereocenters. The average Bonchev–Trinajstić information content (AvgIpc) is 3.53. The number of amides is 1. The van der Waals surface area contributed by atoms with Crippen LogP contribution in [-0.2, 0) is 4.79 Å². The van der Waals surface area contributed by atoms with E-state index in [1.54, 1.807) is 43.0 Å². The molecule has 0 radical (unpaired) electrons. The molecule has 6 rings (SSSR count). The highest BCUT2D eigenvalue weighted by molar-refractivity contribution is 5.96. The molecule has 0 bridgehead atoms. The lowest BCUT2D eigenvalue weighted by Crippen LogP contribution is -2.20. The summed E-state index contributed by atoms with van der Waals surface area (Å²) in [6.07, 6.45) is 10.7. The number of nitrogens with zero attached hydrogens (tertiary/aromatic N) is 4. The summed E-state index contributed by atoms with van der Waals surface area (Å²) in [5.41, 5.74) is 4.79. The van der Waals surface area contributed by atoms with Crippen molar-refractivity contribution in [2.24, 2.45) is 5.41 Å². The Balaban J connectivity index is 1.37. The van der Waals surface area contributed by atoms with Gasteiger partial charge in [0.15, 0.2) is 5.82 Å². The number of nitrogens with one attached hydrogen (secondary N) is 4. The number of carbonyl (C=O) groups is 1. The standard InChI is InChI=1S/C29H27FN8O/c1-29(2,3)13-22(39)34-18-12-17(14-32-15-18)19-4-5-20-23(24(19)30)27(38-37-20)28-35-21-8-11-33-25(26(21)36-28)16-6-9-31-10-7-16/h4-12,14-15,25,33H,13H2,1-3H3,(H,34,39)(H,35,36)(H,37,38). The molecule has 196 valence electrons. The number of fused-ring (bicyclic) bond motifs is 2. The molecule has 0 saturated heterocycles. The van der Waals surface area contributed by atoms with Gasteiger partial charge in [0.05, 0.1) is 40.2 Å². The highest BCUT2D eigenvalue weighted by Crippen LogP contribution is 2.36. The minimum absolute atomic E-state index is 0.120. The van der Waals surface area contributed by atoms with E-state index in [0.717, 1.165) is 17.0 Å². The van der Waals surface area contributed by atoms with Gasteiger partial charge >= 0.3 is 0 Å². The van der Waals surface area contributed by atoms with Crippen molar-refractivity contribution in [3.8, 4) is 22.6 Å². The van der Waals surface area contributed by atoms with Crippen LogP contribution in [-0.4, -0.2) is 36.0 Å². The Kier molecular flexibility index (Phi) is 5.94. The quantitative estimate of drug-likeness (QED) is 0.239. The normalized spacial score (nSPS) is 14.7. The van der Waals surface area contributed by atoms with Crippen molar-refractivity contribution in [3.63, 3.8) is 0 Å². The summed E-state index contributed by atoms with van der Waals surface area (Å²) in [4.78, 5) is 28.9. The number of pyridine rings is 2. The fourth-order valence-corrected chi connectivity index (χ4v) is 4.79. The molecule has 5 aromatic rings. The summed E-state index contributed by atoms with van der Waals surface area (Å²) in [5.74, 6) is -0.120. The second kappa shape index (κ2) is 9.46. The first-order chi connectivity index (χ1) is 18.8. The second-order valence-corrected chi connectivity index (χ2v) is 10.8. The van der Waals surface area contributed by atoms with E-state index in [9.17, 15) is 4.79 Å². The summed E-state index contributed by atoms with van der Waals surface area (Å²) in [5, 5.41) is 13.9. The number of benzene rings is 1. The number of H-pyrrole nitrogens is 2. The van der Waals surface area contributed by atoms with Gasteiger partial charge in [0.25, 0.3) is 0 Å². The Bertz CT molecular complexity index is 1710. The van der Waals surface area contributed by atoms with Crippen LogP contribution in [0.25, 0.3) is 39.6 Å². The number of hydrogen-bond acceptors (Lipinski definition) is 6. The largest absolute Gasteiger partial charge is 0.379 e. The van der Waals surface area contributed by atoms with Gasteiger partial charge in [-0.25, -0.2) is 9.37 Å². The molecule has 4 aromatic heterocycles. The van der Waals surface area contributed by atoms with Crippen molar-refractivity contribution in [1.82, 2.24) is 35.5 Å². The topological polar surface area (TPSA) is 124 Å². The van der Waals surface area contributed by atoms with Crippen LogP contribution in [0.5, 0.6) is 0 Å². The number of rotatable bonds is 5. The Morgan fingerprint density at radius 3 is 2.72 bits per heavy atom. The second-order valence-electron chi connectivity index (χ2n) is 10.8. The number of aromatic amines is 2. The fourth-order valence-electron chi connectivity index (χ4n) is 4.79. The summed E-state index contributed by atoms with van der Waals surface area (Å²) in [6, 6.07) is 8.90. The summed E-state index contributed by atoms with van der Waals surface area (Å²) >= 11 is 0. The first-order valence-corrected chi connectivity index (χ1v) is 12.6. The number of anilines is 1. The van der Waals surface area contributed by atoms with Crippen LogP contribution in [0.4, 0.5) is 10.1 Å². The lowest BCUT2D eigenvalue weighted by Gasteiger charge is -2.20. The van der Waals surface area contributed by atoms with E-state index in [2.05, 4.69) is 35.8 Å². The third kappa shape index (κ3) is 4.76. The molecule has 0 fully saturated rings. The van der Waals surface area contributed by atoms with Gasteiger partial charge in [-0.05, 0) is 53.6 Å². The third-order valence-corrected chi connectivity index (χ3v) is 6.51. The van der Waals surface area contributed by atoms with Gasteiger partial charge in [0, 0.05) is 36.1 Å². The van der Waals surface area contributed by atoms with Gasteiger partial charge in [0.2, 0.25) is 5.91 Å². The molecule has 9 nitrogen and oxygen atoms in total.